The summed E-state index contributed by atoms with van der Waals surface area (Å²) in [5, 5.41) is 0. The van der Waals surface area contributed by atoms with Crippen molar-refractivity contribution in [3.63, 3.8) is 0 Å². The molecule has 0 aromatic rings. The molecule has 0 atom stereocenters. The highest BCUT2D eigenvalue weighted by atomic mass is 14.6. The molecule has 0 nitrogen and oxygen atoms in total. The molecule has 0 spiro atoms. The summed E-state index contributed by atoms with van der Waals surface area (Å²) < 4.78 is 0. The summed E-state index contributed by atoms with van der Waals surface area (Å²) in [6.07, 6.45) is 21.6. The van der Waals surface area contributed by atoms with E-state index in [1.54, 1.807) is 64.2 Å². The highest BCUT2D eigenvalue weighted by Gasteiger charge is 2.51. The van der Waals surface area contributed by atoms with Crippen LogP contribution >= 0.6 is 0 Å². The van der Waals surface area contributed by atoms with Gasteiger partial charge in [0, 0.05) is 0 Å². The molecule has 4 aliphatic rings. The summed E-state index contributed by atoms with van der Waals surface area (Å²) >= 11 is 0. The standard InChI is InChI=1S/C20H36/c1-3-5-17-6-8-18(9-7-17)20-14-11-19(10-4-2,12-15-20)13-16-20/h17-18H,3-16H2,1-2H3. The fraction of sp³-hybridized carbons (Fsp3) is 1.00. The van der Waals surface area contributed by atoms with Crippen LogP contribution < -0.4 is 0 Å². The fourth-order valence-corrected chi connectivity index (χ4v) is 6.28. The Balaban J connectivity index is 1.57. The van der Waals surface area contributed by atoms with Crippen LogP contribution in [0.2, 0.25) is 0 Å². The van der Waals surface area contributed by atoms with E-state index in [0.717, 1.165) is 22.7 Å². The molecule has 0 aromatic heterocycles. The third-order valence-corrected chi connectivity index (χ3v) is 7.65. The molecule has 0 saturated heterocycles. The Hall–Kier alpha value is 0. The first-order valence-electron chi connectivity index (χ1n) is 9.72. The van der Waals surface area contributed by atoms with Gasteiger partial charge in [-0.05, 0) is 80.5 Å². The third kappa shape index (κ3) is 2.69. The molecule has 4 rings (SSSR count). The van der Waals surface area contributed by atoms with E-state index in [1.165, 1.54) is 25.7 Å². The van der Waals surface area contributed by atoms with Crippen molar-refractivity contribution < 1.29 is 0 Å². The molecule has 4 saturated carbocycles. The molecule has 0 amide bonds. The SMILES string of the molecule is CCCC1CCC(C23CCC(CCC)(CC2)CC3)CC1. The van der Waals surface area contributed by atoms with E-state index in [1.807, 2.05) is 0 Å². The minimum atomic E-state index is 0.802. The predicted octanol–water partition coefficient (Wildman–Crippen LogP) is 6.73. The normalized spacial score (nSPS) is 44.7. The second-order valence-corrected chi connectivity index (χ2v) is 8.62. The molecule has 0 heterocycles. The molecule has 4 aliphatic carbocycles. The van der Waals surface area contributed by atoms with E-state index in [9.17, 15) is 0 Å². The van der Waals surface area contributed by atoms with Crippen molar-refractivity contribution in [3.8, 4) is 0 Å². The molecule has 0 aromatic carbocycles. The van der Waals surface area contributed by atoms with E-state index in [-0.39, 0.29) is 0 Å². The smallest absolute Gasteiger partial charge is 0.0269 e. The van der Waals surface area contributed by atoms with Crippen molar-refractivity contribution in [2.45, 2.75) is 104 Å². The van der Waals surface area contributed by atoms with Gasteiger partial charge in [0.15, 0.2) is 0 Å². The lowest BCUT2D eigenvalue weighted by molar-refractivity contribution is -0.0648. The minimum absolute atomic E-state index is 0.802. The highest BCUT2D eigenvalue weighted by Crippen LogP contribution is 2.63. The van der Waals surface area contributed by atoms with Gasteiger partial charge in [0.1, 0.15) is 0 Å². The maximum Gasteiger partial charge on any atom is -0.0269 e. The predicted molar refractivity (Wildman–Crippen MR) is 87.8 cm³/mol. The Labute approximate surface area is 127 Å². The van der Waals surface area contributed by atoms with Gasteiger partial charge in [-0.1, -0.05) is 46.0 Å². The Morgan fingerprint density at radius 3 is 1.85 bits per heavy atom. The van der Waals surface area contributed by atoms with Crippen molar-refractivity contribution in [3.05, 3.63) is 0 Å². The van der Waals surface area contributed by atoms with Crippen molar-refractivity contribution in [2.75, 3.05) is 0 Å². The maximum atomic E-state index is 2.39. The monoisotopic (exact) mass is 276 g/mol. The third-order valence-electron chi connectivity index (χ3n) is 7.65. The summed E-state index contributed by atoms with van der Waals surface area (Å²) in [6, 6.07) is 0. The average Bonchev–Trinajstić information content (AvgIpc) is 2.50. The second kappa shape index (κ2) is 6.01. The highest BCUT2D eigenvalue weighted by molar-refractivity contribution is 5.02. The summed E-state index contributed by atoms with van der Waals surface area (Å²) in [6.45, 7) is 4.75. The van der Waals surface area contributed by atoms with Crippen LogP contribution in [-0.2, 0) is 0 Å². The quantitative estimate of drug-likeness (QED) is 0.522. The van der Waals surface area contributed by atoms with Gasteiger partial charge in [0.2, 0.25) is 0 Å². The molecule has 0 unspecified atom stereocenters. The van der Waals surface area contributed by atoms with Gasteiger partial charge in [-0.15, -0.1) is 0 Å². The van der Waals surface area contributed by atoms with Crippen LogP contribution in [0.15, 0.2) is 0 Å². The summed E-state index contributed by atoms with van der Waals surface area (Å²) in [4.78, 5) is 0. The Morgan fingerprint density at radius 1 is 0.750 bits per heavy atom. The molecular formula is C20H36. The molecule has 2 bridgehead atoms. The van der Waals surface area contributed by atoms with Crippen LogP contribution in [0.1, 0.15) is 104 Å². The number of fused-ring (bicyclic) bond motifs is 3. The zero-order valence-electron chi connectivity index (χ0n) is 14.1. The molecule has 0 aliphatic heterocycles. The van der Waals surface area contributed by atoms with Crippen LogP contribution in [0.4, 0.5) is 0 Å². The van der Waals surface area contributed by atoms with Crippen molar-refractivity contribution in [2.24, 2.45) is 22.7 Å². The summed E-state index contributed by atoms with van der Waals surface area (Å²) in [5.41, 5.74) is 1.61. The summed E-state index contributed by atoms with van der Waals surface area (Å²) in [7, 11) is 0. The fourth-order valence-electron chi connectivity index (χ4n) is 6.28. The van der Waals surface area contributed by atoms with E-state index >= 15 is 0 Å². The molecule has 20 heavy (non-hydrogen) atoms. The Kier molecular flexibility index (Phi) is 4.48. The first-order valence-corrected chi connectivity index (χ1v) is 9.72. The van der Waals surface area contributed by atoms with Gasteiger partial charge in [0.05, 0.1) is 0 Å². The van der Waals surface area contributed by atoms with E-state index in [0.29, 0.717) is 0 Å². The number of hydrogen-bond acceptors (Lipinski definition) is 0. The Bertz CT molecular complexity index is 283. The van der Waals surface area contributed by atoms with Crippen molar-refractivity contribution in [1.82, 2.24) is 0 Å². The van der Waals surface area contributed by atoms with Crippen LogP contribution in [0.5, 0.6) is 0 Å². The minimum Gasteiger partial charge on any atom is -0.0654 e. The topological polar surface area (TPSA) is 0 Å². The summed E-state index contributed by atoms with van der Waals surface area (Å²) in [5.74, 6) is 2.19. The van der Waals surface area contributed by atoms with Crippen LogP contribution in [0.3, 0.4) is 0 Å². The lowest BCUT2D eigenvalue weighted by Gasteiger charge is -2.58. The zero-order valence-corrected chi connectivity index (χ0v) is 14.1. The van der Waals surface area contributed by atoms with Gasteiger partial charge in [-0.2, -0.15) is 0 Å². The molecule has 0 radical (unpaired) electrons. The van der Waals surface area contributed by atoms with Crippen LogP contribution in [0.25, 0.3) is 0 Å². The Morgan fingerprint density at radius 2 is 1.35 bits per heavy atom. The van der Waals surface area contributed by atoms with Crippen LogP contribution in [0, 0.1) is 22.7 Å². The maximum absolute atomic E-state index is 2.39. The second-order valence-electron chi connectivity index (χ2n) is 8.62. The first-order chi connectivity index (χ1) is 9.72. The van der Waals surface area contributed by atoms with Gasteiger partial charge >= 0.3 is 0 Å². The number of rotatable bonds is 5. The number of hydrogen-bond donors (Lipinski definition) is 0. The van der Waals surface area contributed by atoms with Crippen molar-refractivity contribution in [1.29, 1.82) is 0 Å². The van der Waals surface area contributed by atoms with Gasteiger partial charge in [0.25, 0.3) is 0 Å². The lowest BCUT2D eigenvalue weighted by atomic mass is 9.47. The van der Waals surface area contributed by atoms with Gasteiger partial charge in [-0.3, -0.25) is 0 Å². The lowest BCUT2D eigenvalue weighted by Crippen LogP contribution is -2.46. The van der Waals surface area contributed by atoms with E-state index < -0.39 is 0 Å². The first kappa shape index (κ1) is 14.9. The molecule has 4 fully saturated rings. The molecular weight excluding hydrogens is 240 g/mol. The molecule has 0 heteroatoms. The molecule has 116 valence electrons. The molecule has 0 N–H and O–H groups in total. The van der Waals surface area contributed by atoms with Crippen molar-refractivity contribution >= 4 is 0 Å². The largest absolute Gasteiger partial charge is 0.0654 e. The zero-order chi connectivity index (χ0) is 14.1. The van der Waals surface area contributed by atoms with Gasteiger partial charge in [-0.25, -0.2) is 0 Å². The van der Waals surface area contributed by atoms with Crippen LogP contribution in [-0.4, -0.2) is 0 Å². The van der Waals surface area contributed by atoms with E-state index in [4.69, 9.17) is 0 Å². The van der Waals surface area contributed by atoms with Gasteiger partial charge < -0.3 is 0 Å². The van der Waals surface area contributed by atoms with E-state index in [2.05, 4.69) is 13.8 Å². The average molecular weight is 277 g/mol.